The van der Waals surface area contributed by atoms with Crippen LogP contribution in [0.15, 0.2) is 95.9 Å². The number of nitro groups is 1. The number of sulfonamides is 1. The molecule has 0 aromatic heterocycles. The molecule has 0 radical (unpaired) electrons. The highest BCUT2D eigenvalue weighted by Crippen LogP contribution is 2.44. The van der Waals surface area contributed by atoms with E-state index < -0.39 is 14.9 Å². The van der Waals surface area contributed by atoms with Crippen LogP contribution in [0.2, 0.25) is 0 Å². The molecule has 4 aromatic rings. The van der Waals surface area contributed by atoms with Gasteiger partial charge in [0.1, 0.15) is 0 Å². The van der Waals surface area contributed by atoms with Crippen molar-refractivity contribution in [3.8, 4) is 0 Å². The Bertz CT molecular complexity index is 1450. The van der Waals surface area contributed by atoms with E-state index in [1.807, 2.05) is 66.7 Å². The molecule has 34 heavy (non-hydrogen) atoms. The first-order valence-corrected chi connectivity index (χ1v) is 12.3. The fraction of sp³-hybridized carbons (Fsp3) is 0.154. The summed E-state index contributed by atoms with van der Waals surface area (Å²) < 4.78 is 34.6. The summed E-state index contributed by atoms with van der Waals surface area (Å²) in [7, 11) is -3.92. The lowest BCUT2D eigenvalue weighted by atomic mass is 9.95. The van der Waals surface area contributed by atoms with Crippen LogP contribution in [0.25, 0.3) is 10.8 Å². The van der Waals surface area contributed by atoms with Gasteiger partial charge in [-0.3, -0.25) is 14.4 Å². The average molecular weight is 475 g/mol. The Morgan fingerprint density at radius 3 is 2.35 bits per heavy atom. The van der Waals surface area contributed by atoms with E-state index >= 15 is 0 Å². The standard InChI is InChI=1S/C26H22N2O5S/c29-28(30)22-11-13-23(14-12-22)34(31,32)27-16-21(18-33-17-19-6-2-1-3-7-19)26-24-9-5-4-8-20(24)10-15-25(26)27/h1-15,21H,16-18H2/t21-/m0/s1. The molecule has 1 aliphatic rings. The summed E-state index contributed by atoms with van der Waals surface area (Å²) in [5.74, 6) is -0.155. The Labute approximate surface area is 197 Å². The van der Waals surface area contributed by atoms with E-state index in [4.69, 9.17) is 4.74 Å². The molecule has 0 spiro atoms. The number of ether oxygens (including phenoxy) is 1. The van der Waals surface area contributed by atoms with E-state index in [1.54, 1.807) is 0 Å². The minimum Gasteiger partial charge on any atom is -0.376 e. The van der Waals surface area contributed by atoms with Crippen LogP contribution in [0.4, 0.5) is 11.4 Å². The fourth-order valence-electron chi connectivity index (χ4n) is 4.44. The largest absolute Gasteiger partial charge is 0.376 e. The number of hydrogen-bond donors (Lipinski definition) is 0. The molecule has 0 unspecified atom stereocenters. The quantitative estimate of drug-likeness (QED) is 0.269. The van der Waals surface area contributed by atoms with Gasteiger partial charge in [-0.15, -0.1) is 0 Å². The number of nitrogens with zero attached hydrogens (tertiary/aromatic N) is 2. The Kier molecular flexibility index (Phi) is 5.77. The number of rotatable bonds is 7. The van der Waals surface area contributed by atoms with Crippen LogP contribution in [-0.4, -0.2) is 26.5 Å². The monoisotopic (exact) mass is 474 g/mol. The van der Waals surface area contributed by atoms with Gasteiger partial charge in [0.15, 0.2) is 0 Å². The van der Waals surface area contributed by atoms with Gasteiger partial charge in [-0.25, -0.2) is 8.42 Å². The SMILES string of the molecule is O=[N+]([O-])c1ccc(S(=O)(=O)N2C[C@@H](COCc3ccccc3)c3c2ccc2ccccc32)cc1. The fourth-order valence-corrected chi connectivity index (χ4v) is 5.97. The maximum absolute atomic E-state index is 13.6. The minimum absolute atomic E-state index is 0.0167. The zero-order valence-corrected chi connectivity index (χ0v) is 19.0. The molecule has 1 heterocycles. The second-order valence-electron chi connectivity index (χ2n) is 8.20. The van der Waals surface area contributed by atoms with Crippen molar-refractivity contribution in [2.24, 2.45) is 0 Å². The predicted molar refractivity (Wildman–Crippen MR) is 130 cm³/mol. The van der Waals surface area contributed by atoms with Gasteiger partial charge in [-0.2, -0.15) is 0 Å². The zero-order valence-electron chi connectivity index (χ0n) is 18.2. The van der Waals surface area contributed by atoms with Crippen molar-refractivity contribution >= 4 is 32.2 Å². The lowest BCUT2D eigenvalue weighted by Gasteiger charge is -2.20. The Morgan fingerprint density at radius 2 is 1.62 bits per heavy atom. The topological polar surface area (TPSA) is 89.8 Å². The third kappa shape index (κ3) is 4.02. The second kappa shape index (κ2) is 8.89. The normalized spacial score (nSPS) is 15.4. The number of nitro benzene ring substituents is 1. The number of anilines is 1. The lowest BCUT2D eigenvalue weighted by Crippen LogP contribution is -2.30. The summed E-state index contributed by atoms with van der Waals surface area (Å²) in [6.07, 6.45) is 0. The Hall–Kier alpha value is -3.75. The highest BCUT2D eigenvalue weighted by atomic mass is 32.2. The number of non-ortho nitro benzene ring substituents is 1. The van der Waals surface area contributed by atoms with Crippen molar-refractivity contribution in [1.29, 1.82) is 0 Å². The van der Waals surface area contributed by atoms with Crippen LogP contribution in [0.1, 0.15) is 17.0 Å². The first-order valence-electron chi connectivity index (χ1n) is 10.9. The lowest BCUT2D eigenvalue weighted by molar-refractivity contribution is -0.384. The van der Waals surface area contributed by atoms with Crippen molar-refractivity contribution in [2.45, 2.75) is 17.4 Å². The maximum Gasteiger partial charge on any atom is 0.269 e. The van der Waals surface area contributed by atoms with Gasteiger partial charge in [0.25, 0.3) is 15.7 Å². The van der Waals surface area contributed by atoms with Gasteiger partial charge in [0.2, 0.25) is 0 Å². The van der Waals surface area contributed by atoms with E-state index in [1.165, 1.54) is 28.6 Å². The van der Waals surface area contributed by atoms with Gasteiger partial charge < -0.3 is 4.74 Å². The molecule has 0 amide bonds. The third-order valence-electron chi connectivity index (χ3n) is 6.08. The molecule has 7 nitrogen and oxygen atoms in total. The highest BCUT2D eigenvalue weighted by Gasteiger charge is 2.38. The van der Waals surface area contributed by atoms with Crippen LogP contribution >= 0.6 is 0 Å². The van der Waals surface area contributed by atoms with Crippen molar-refractivity contribution < 1.29 is 18.1 Å². The molecule has 172 valence electrons. The molecule has 0 bridgehead atoms. The molecule has 0 aliphatic carbocycles. The first-order chi connectivity index (χ1) is 16.4. The van der Waals surface area contributed by atoms with E-state index in [-0.39, 0.29) is 23.0 Å². The van der Waals surface area contributed by atoms with Gasteiger partial charge in [-0.1, -0.05) is 60.7 Å². The zero-order chi connectivity index (χ0) is 23.7. The average Bonchev–Trinajstić information content (AvgIpc) is 3.25. The summed E-state index contributed by atoms with van der Waals surface area (Å²) in [4.78, 5) is 10.5. The molecule has 0 saturated carbocycles. The minimum atomic E-state index is -3.92. The maximum atomic E-state index is 13.6. The molecule has 0 fully saturated rings. The van der Waals surface area contributed by atoms with Crippen LogP contribution in [0.3, 0.4) is 0 Å². The molecule has 0 saturated heterocycles. The van der Waals surface area contributed by atoms with Crippen LogP contribution in [0.5, 0.6) is 0 Å². The van der Waals surface area contributed by atoms with E-state index in [0.29, 0.717) is 18.9 Å². The van der Waals surface area contributed by atoms with Crippen molar-refractivity contribution in [3.05, 3.63) is 112 Å². The molecule has 5 rings (SSSR count). The second-order valence-corrected chi connectivity index (χ2v) is 10.1. The summed E-state index contributed by atoms with van der Waals surface area (Å²) in [5, 5.41) is 13.0. The molecule has 0 N–H and O–H groups in total. The van der Waals surface area contributed by atoms with Crippen LogP contribution in [0, 0.1) is 10.1 Å². The summed E-state index contributed by atoms with van der Waals surface area (Å²) >= 11 is 0. The van der Waals surface area contributed by atoms with Crippen molar-refractivity contribution in [3.63, 3.8) is 0 Å². The van der Waals surface area contributed by atoms with Crippen LogP contribution in [-0.2, 0) is 21.4 Å². The molecule has 1 atom stereocenters. The number of hydrogen-bond acceptors (Lipinski definition) is 5. The summed E-state index contributed by atoms with van der Waals surface area (Å²) in [6, 6.07) is 26.5. The Balaban J connectivity index is 1.50. The van der Waals surface area contributed by atoms with E-state index in [0.717, 1.165) is 21.9 Å². The summed E-state index contributed by atoms with van der Waals surface area (Å²) in [6.45, 7) is 1.03. The van der Waals surface area contributed by atoms with E-state index in [9.17, 15) is 18.5 Å². The molecule has 1 aliphatic heterocycles. The molecule has 4 aromatic carbocycles. The van der Waals surface area contributed by atoms with Crippen LogP contribution < -0.4 is 4.31 Å². The van der Waals surface area contributed by atoms with Crippen molar-refractivity contribution in [1.82, 2.24) is 0 Å². The number of benzene rings is 4. The first kappa shape index (κ1) is 22.1. The number of fused-ring (bicyclic) bond motifs is 3. The van der Waals surface area contributed by atoms with Gasteiger partial charge >= 0.3 is 0 Å². The Morgan fingerprint density at radius 1 is 0.912 bits per heavy atom. The van der Waals surface area contributed by atoms with Gasteiger partial charge in [0, 0.05) is 24.6 Å². The third-order valence-corrected chi connectivity index (χ3v) is 7.87. The molecular formula is C26H22N2O5S. The highest BCUT2D eigenvalue weighted by molar-refractivity contribution is 7.92. The summed E-state index contributed by atoms with van der Waals surface area (Å²) in [5.41, 5.74) is 2.45. The van der Waals surface area contributed by atoms with Gasteiger partial charge in [0.05, 0.1) is 28.7 Å². The van der Waals surface area contributed by atoms with E-state index in [2.05, 4.69) is 0 Å². The van der Waals surface area contributed by atoms with Crippen molar-refractivity contribution in [2.75, 3.05) is 17.5 Å². The predicted octanol–water partition coefficient (Wildman–Crippen LogP) is 5.26. The molecular weight excluding hydrogens is 452 g/mol. The van der Waals surface area contributed by atoms with Gasteiger partial charge in [-0.05, 0) is 40.1 Å². The smallest absolute Gasteiger partial charge is 0.269 e. The molecule has 8 heteroatoms.